The molecule has 1 atom stereocenters. The molecule has 3 aromatic carbocycles. The Labute approximate surface area is 223 Å². The molecule has 7 heteroatoms. The van der Waals surface area contributed by atoms with Crippen LogP contribution in [0.15, 0.2) is 72.3 Å². The van der Waals surface area contributed by atoms with Gasteiger partial charge in [0.2, 0.25) is 0 Å². The Morgan fingerprint density at radius 1 is 0.974 bits per heavy atom. The number of benzene rings is 3. The lowest BCUT2D eigenvalue weighted by Crippen LogP contribution is -2.29. The summed E-state index contributed by atoms with van der Waals surface area (Å²) in [4.78, 5) is 28.3. The number of nitrogens with zero attached hydrogens (tertiary/aromatic N) is 1. The lowest BCUT2D eigenvalue weighted by Gasteiger charge is -2.26. The van der Waals surface area contributed by atoms with Gasteiger partial charge in [-0.15, -0.1) is 0 Å². The van der Waals surface area contributed by atoms with E-state index in [0.717, 1.165) is 5.56 Å². The number of ether oxygens (including phenoxy) is 3. The summed E-state index contributed by atoms with van der Waals surface area (Å²) >= 11 is 0. The lowest BCUT2D eigenvalue weighted by molar-refractivity contribution is -0.132. The third-order valence-corrected chi connectivity index (χ3v) is 6.30. The van der Waals surface area contributed by atoms with Gasteiger partial charge in [-0.2, -0.15) is 0 Å². The highest BCUT2D eigenvalue weighted by molar-refractivity contribution is 6.51. The standard InChI is InChI=1S/C31H33NO6/c1-6-37-26-15-10-22(16-20(26)4)29(33)27-28(21-8-7-9-25(17-21)36-5)32(31(35)30(27)34)23-11-13-24(14-12-23)38-18-19(2)3/h7-17,19,28,33H,6,18H2,1-5H3/b29-27-. The van der Waals surface area contributed by atoms with Crippen LogP contribution in [0.3, 0.4) is 0 Å². The van der Waals surface area contributed by atoms with E-state index in [9.17, 15) is 14.7 Å². The normalized spacial score (nSPS) is 16.7. The molecule has 4 rings (SSSR count). The van der Waals surface area contributed by atoms with Crippen LogP contribution >= 0.6 is 0 Å². The highest BCUT2D eigenvalue weighted by Gasteiger charge is 2.47. The number of anilines is 1. The van der Waals surface area contributed by atoms with Gasteiger partial charge in [-0.1, -0.05) is 26.0 Å². The van der Waals surface area contributed by atoms with E-state index in [1.165, 1.54) is 4.90 Å². The van der Waals surface area contributed by atoms with Gasteiger partial charge in [0.25, 0.3) is 11.7 Å². The van der Waals surface area contributed by atoms with E-state index in [0.29, 0.717) is 53.2 Å². The van der Waals surface area contributed by atoms with Crippen molar-refractivity contribution in [3.8, 4) is 17.2 Å². The zero-order valence-corrected chi connectivity index (χ0v) is 22.4. The largest absolute Gasteiger partial charge is 0.507 e. The molecular weight excluding hydrogens is 482 g/mol. The number of carbonyl (C=O) groups excluding carboxylic acids is 2. The zero-order chi connectivity index (χ0) is 27.4. The maximum atomic E-state index is 13.5. The molecule has 1 heterocycles. The number of hydrogen-bond acceptors (Lipinski definition) is 6. The first-order chi connectivity index (χ1) is 18.2. The number of hydrogen-bond donors (Lipinski definition) is 1. The van der Waals surface area contributed by atoms with Crippen LogP contribution in [0.1, 0.15) is 43.5 Å². The van der Waals surface area contributed by atoms with Gasteiger partial charge in [0, 0.05) is 11.3 Å². The molecule has 1 fully saturated rings. The second-order valence-electron chi connectivity index (χ2n) is 9.56. The molecule has 3 aromatic rings. The van der Waals surface area contributed by atoms with Crippen molar-refractivity contribution in [3.05, 3.63) is 89.0 Å². The highest BCUT2D eigenvalue weighted by atomic mass is 16.5. The number of aliphatic hydroxyl groups excluding tert-OH is 1. The molecule has 1 amide bonds. The summed E-state index contributed by atoms with van der Waals surface area (Å²) in [5.41, 5.74) is 2.38. The predicted octanol–water partition coefficient (Wildman–Crippen LogP) is 6.06. The quantitative estimate of drug-likeness (QED) is 0.212. The Balaban J connectivity index is 1.83. The summed E-state index contributed by atoms with van der Waals surface area (Å²) in [5.74, 6) is 0.561. The fourth-order valence-corrected chi connectivity index (χ4v) is 4.46. The Morgan fingerprint density at radius 2 is 1.71 bits per heavy atom. The van der Waals surface area contributed by atoms with Gasteiger partial charge in [-0.25, -0.2) is 0 Å². The topological polar surface area (TPSA) is 85.3 Å². The van der Waals surface area contributed by atoms with Crippen molar-refractivity contribution in [1.29, 1.82) is 0 Å². The van der Waals surface area contributed by atoms with Gasteiger partial charge >= 0.3 is 0 Å². The van der Waals surface area contributed by atoms with Gasteiger partial charge in [-0.05, 0) is 85.5 Å². The minimum Gasteiger partial charge on any atom is -0.507 e. The SMILES string of the molecule is CCOc1ccc(/C(O)=C2/C(=O)C(=O)N(c3ccc(OCC(C)C)cc3)C2c2cccc(OC)c2)cc1C. The van der Waals surface area contributed by atoms with Crippen molar-refractivity contribution in [3.63, 3.8) is 0 Å². The molecule has 1 N–H and O–H groups in total. The van der Waals surface area contributed by atoms with Crippen molar-refractivity contribution >= 4 is 23.1 Å². The summed E-state index contributed by atoms with van der Waals surface area (Å²) < 4.78 is 16.8. The fourth-order valence-electron chi connectivity index (χ4n) is 4.46. The van der Waals surface area contributed by atoms with E-state index >= 15 is 0 Å². The van der Waals surface area contributed by atoms with Crippen LogP contribution in [0.4, 0.5) is 5.69 Å². The van der Waals surface area contributed by atoms with Gasteiger partial charge in [0.15, 0.2) is 0 Å². The number of carbonyl (C=O) groups is 2. The molecule has 38 heavy (non-hydrogen) atoms. The molecule has 198 valence electrons. The minimum atomic E-state index is -0.862. The van der Waals surface area contributed by atoms with Crippen LogP contribution < -0.4 is 19.1 Å². The molecule has 0 aromatic heterocycles. The zero-order valence-electron chi connectivity index (χ0n) is 22.4. The molecule has 1 saturated heterocycles. The molecule has 0 aliphatic carbocycles. The number of Topliss-reactive ketones (excluding diaryl/α,β-unsaturated/α-hetero) is 1. The summed E-state index contributed by atoms with van der Waals surface area (Å²) in [6, 6.07) is 18.5. The third-order valence-electron chi connectivity index (χ3n) is 6.30. The van der Waals surface area contributed by atoms with Crippen molar-refractivity contribution in [2.45, 2.75) is 33.7 Å². The number of rotatable bonds is 9. The van der Waals surface area contributed by atoms with Crippen LogP contribution in [0, 0.1) is 12.8 Å². The number of aliphatic hydroxyl groups is 1. The molecule has 1 aliphatic rings. The van der Waals surface area contributed by atoms with Crippen molar-refractivity contribution < 1.29 is 28.9 Å². The maximum absolute atomic E-state index is 13.5. The average Bonchev–Trinajstić information content (AvgIpc) is 3.18. The third kappa shape index (κ3) is 5.37. The molecule has 1 aliphatic heterocycles. The number of amides is 1. The summed E-state index contributed by atoms with van der Waals surface area (Å²) in [7, 11) is 1.55. The van der Waals surface area contributed by atoms with Crippen molar-refractivity contribution in [2.24, 2.45) is 5.92 Å². The Morgan fingerprint density at radius 3 is 2.34 bits per heavy atom. The molecule has 0 bridgehead atoms. The van der Waals surface area contributed by atoms with E-state index in [1.54, 1.807) is 67.8 Å². The first-order valence-corrected chi connectivity index (χ1v) is 12.7. The van der Waals surface area contributed by atoms with E-state index < -0.39 is 17.7 Å². The lowest BCUT2D eigenvalue weighted by atomic mass is 9.94. The second kappa shape index (κ2) is 11.4. The van der Waals surface area contributed by atoms with Crippen molar-refractivity contribution in [2.75, 3.05) is 25.2 Å². The highest BCUT2D eigenvalue weighted by Crippen LogP contribution is 2.43. The van der Waals surface area contributed by atoms with E-state index in [4.69, 9.17) is 14.2 Å². The van der Waals surface area contributed by atoms with Crippen LogP contribution in [0.5, 0.6) is 17.2 Å². The van der Waals surface area contributed by atoms with Crippen LogP contribution in [0.2, 0.25) is 0 Å². The smallest absolute Gasteiger partial charge is 0.300 e. The Bertz CT molecular complexity index is 1360. The Kier molecular flexibility index (Phi) is 8.05. The van der Waals surface area contributed by atoms with Gasteiger partial charge < -0.3 is 19.3 Å². The predicted molar refractivity (Wildman–Crippen MR) is 147 cm³/mol. The minimum absolute atomic E-state index is 0.00643. The molecule has 0 saturated carbocycles. The Hall–Kier alpha value is -4.26. The van der Waals surface area contributed by atoms with Crippen molar-refractivity contribution in [1.82, 2.24) is 0 Å². The monoisotopic (exact) mass is 515 g/mol. The van der Waals surface area contributed by atoms with E-state index in [1.807, 2.05) is 19.9 Å². The average molecular weight is 516 g/mol. The molecular formula is C31H33NO6. The molecule has 1 unspecified atom stereocenters. The molecule has 7 nitrogen and oxygen atoms in total. The van der Waals surface area contributed by atoms with E-state index in [-0.39, 0.29) is 11.3 Å². The van der Waals surface area contributed by atoms with Gasteiger partial charge in [0.1, 0.15) is 23.0 Å². The second-order valence-corrected chi connectivity index (χ2v) is 9.56. The fraction of sp³-hybridized carbons (Fsp3) is 0.290. The number of methoxy groups -OCH3 is 1. The van der Waals surface area contributed by atoms with Crippen LogP contribution in [0.25, 0.3) is 5.76 Å². The number of aryl methyl sites for hydroxylation is 1. The van der Waals surface area contributed by atoms with Crippen LogP contribution in [-0.4, -0.2) is 37.1 Å². The number of ketones is 1. The summed E-state index contributed by atoms with van der Waals surface area (Å²) in [5, 5.41) is 11.4. The van der Waals surface area contributed by atoms with Gasteiger partial charge in [-0.3, -0.25) is 14.5 Å². The molecule has 0 radical (unpaired) electrons. The summed E-state index contributed by atoms with van der Waals surface area (Å²) in [6.45, 7) is 8.96. The first-order valence-electron chi connectivity index (χ1n) is 12.7. The maximum Gasteiger partial charge on any atom is 0.300 e. The first kappa shape index (κ1) is 26.8. The summed E-state index contributed by atoms with van der Waals surface area (Å²) in [6.07, 6.45) is 0. The van der Waals surface area contributed by atoms with E-state index in [2.05, 4.69) is 13.8 Å². The van der Waals surface area contributed by atoms with Gasteiger partial charge in [0.05, 0.1) is 31.9 Å². The van der Waals surface area contributed by atoms with Crippen LogP contribution in [-0.2, 0) is 9.59 Å². The molecule has 0 spiro atoms.